The van der Waals surface area contributed by atoms with E-state index in [9.17, 15) is 5.11 Å². The first-order chi connectivity index (χ1) is 10.7. The largest absolute Gasteiger partial charge is 0.391 e. The standard InChI is InChI=1S/C16H27N3OS.C2H6/c1-10(2)15(12(5)20)18-13(6)19(7)9-14-8-17-16(21-14)11(3)4;1-2/h8,11-12,15,18,20H,1,6,9H2,2-5,7H3;1-2H3. The summed E-state index contributed by atoms with van der Waals surface area (Å²) in [5, 5.41) is 14.2. The predicted octanol–water partition coefficient (Wildman–Crippen LogP) is 4.11. The number of nitrogens with one attached hydrogen (secondary N) is 1. The molecule has 0 amide bonds. The van der Waals surface area contributed by atoms with Crippen molar-refractivity contribution in [3.8, 4) is 0 Å². The normalized spacial score (nSPS) is 12.9. The van der Waals surface area contributed by atoms with Gasteiger partial charge in [0.05, 0.1) is 29.5 Å². The third-order valence-electron chi connectivity index (χ3n) is 3.25. The second-order valence-corrected chi connectivity index (χ2v) is 6.98. The summed E-state index contributed by atoms with van der Waals surface area (Å²) in [7, 11) is 1.97. The molecule has 5 heteroatoms. The molecule has 0 aliphatic heterocycles. The van der Waals surface area contributed by atoms with Gasteiger partial charge in [-0.1, -0.05) is 46.4 Å². The predicted molar refractivity (Wildman–Crippen MR) is 102 cm³/mol. The molecule has 132 valence electrons. The Hall–Kier alpha value is -1.33. The Morgan fingerprint density at radius 3 is 2.30 bits per heavy atom. The van der Waals surface area contributed by atoms with Crippen LogP contribution in [0.5, 0.6) is 0 Å². The second-order valence-electron chi connectivity index (χ2n) is 5.83. The number of aromatic nitrogens is 1. The maximum absolute atomic E-state index is 9.78. The third kappa shape index (κ3) is 7.18. The van der Waals surface area contributed by atoms with E-state index in [-0.39, 0.29) is 6.04 Å². The smallest absolute Gasteiger partial charge is 0.0953 e. The fourth-order valence-corrected chi connectivity index (χ4v) is 2.91. The lowest BCUT2D eigenvalue weighted by atomic mass is 10.1. The van der Waals surface area contributed by atoms with Crippen LogP contribution in [0.1, 0.15) is 57.3 Å². The van der Waals surface area contributed by atoms with E-state index in [1.165, 1.54) is 4.88 Å². The van der Waals surface area contributed by atoms with Crippen LogP contribution in [0, 0.1) is 0 Å². The first-order valence-corrected chi connectivity index (χ1v) is 8.98. The number of aliphatic hydroxyl groups excluding tert-OH is 1. The minimum atomic E-state index is -0.511. The van der Waals surface area contributed by atoms with Crippen LogP contribution in [0.4, 0.5) is 0 Å². The summed E-state index contributed by atoms with van der Waals surface area (Å²) < 4.78 is 0. The Labute approximate surface area is 145 Å². The van der Waals surface area contributed by atoms with E-state index in [0.717, 1.165) is 22.9 Å². The van der Waals surface area contributed by atoms with Crippen molar-refractivity contribution < 1.29 is 5.11 Å². The lowest BCUT2D eigenvalue weighted by Gasteiger charge is -2.29. The highest BCUT2D eigenvalue weighted by molar-refractivity contribution is 7.11. The fourth-order valence-electron chi connectivity index (χ4n) is 1.94. The molecule has 0 aliphatic rings. The highest BCUT2D eigenvalue weighted by Crippen LogP contribution is 2.22. The van der Waals surface area contributed by atoms with Crippen molar-refractivity contribution in [2.45, 2.75) is 66.2 Å². The van der Waals surface area contributed by atoms with Crippen molar-refractivity contribution >= 4 is 11.3 Å². The molecule has 23 heavy (non-hydrogen) atoms. The highest BCUT2D eigenvalue weighted by Gasteiger charge is 2.17. The van der Waals surface area contributed by atoms with E-state index < -0.39 is 6.10 Å². The van der Waals surface area contributed by atoms with Crippen LogP contribution in [0.15, 0.2) is 30.7 Å². The fraction of sp³-hybridized carbons (Fsp3) is 0.611. The second kappa shape index (κ2) is 10.4. The highest BCUT2D eigenvalue weighted by atomic mass is 32.1. The molecule has 2 unspecified atom stereocenters. The first-order valence-electron chi connectivity index (χ1n) is 8.17. The minimum Gasteiger partial charge on any atom is -0.391 e. The molecule has 2 atom stereocenters. The molecule has 0 saturated heterocycles. The molecule has 2 N–H and O–H groups in total. The molecule has 1 aromatic heterocycles. The Balaban J connectivity index is 0.00000232. The zero-order valence-electron chi connectivity index (χ0n) is 15.7. The van der Waals surface area contributed by atoms with Gasteiger partial charge in [0.2, 0.25) is 0 Å². The number of nitrogens with zero attached hydrogens (tertiary/aromatic N) is 2. The third-order valence-corrected chi connectivity index (χ3v) is 4.54. The number of thiazole rings is 1. The molecule has 0 saturated carbocycles. The van der Waals surface area contributed by atoms with Gasteiger partial charge in [-0.15, -0.1) is 11.3 Å². The monoisotopic (exact) mass is 339 g/mol. The van der Waals surface area contributed by atoms with Crippen LogP contribution in [0.25, 0.3) is 0 Å². The van der Waals surface area contributed by atoms with Crippen LogP contribution in [0.2, 0.25) is 0 Å². The zero-order valence-corrected chi connectivity index (χ0v) is 16.5. The van der Waals surface area contributed by atoms with Crippen LogP contribution < -0.4 is 5.32 Å². The van der Waals surface area contributed by atoms with Crippen molar-refractivity contribution in [1.82, 2.24) is 15.2 Å². The van der Waals surface area contributed by atoms with E-state index in [1.54, 1.807) is 18.3 Å². The summed E-state index contributed by atoms with van der Waals surface area (Å²) in [5.74, 6) is 1.22. The number of rotatable bonds is 8. The summed E-state index contributed by atoms with van der Waals surface area (Å²) in [6, 6.07) is -0.187. The Kier molecular flexibility index (Phi) is 9.84. The average Bonchev–Trinajstić information content (AvgIpc) is 2.94. The summed E-state index contributed by atoms with van der Waals surface area (Å²) in [5.41, 5.74) is 0.888. The molecule has 4 nitrogen and oxygen atoms in total. The van der Waals surface area contributed by atoms with Gasteiger partial charge < -0.3 is 15.3 Å². The van der Waals surface area contributed by atoms with Crippen molar-refractivity contribution in [3.63, 3.8) is 0 Å². The molecule has 0 aliphatic carbocycles. The average molecular weight is 340 g/mol. The number of aliphatic hydroxyl groups is 1. The van der Waals surface area contributed by atoms with Gasteiger partial charge in [-0.2, -0.15) is 0 Å². The maximum Gasteiger partial charge on any atom is 0.0953 e. The first kappa shape index (κ1) is 21.7. The van der Waals surface area contributed by atoms with Gasteiger partial charge in [-0.25, -0.2) is 4.98 Å². The number of hydrogen-bond donors (Lipinski definition) is 2. The zero-order chi connectivity index (χ0) is 18.2. The van der Waals surface area contributed by atoms with E-state index in [2.05, 4.69) is 37.3 Å². The van der Waals surface area contributed by atoms with Gasteiger partial charge in [0.25, 0.3) is 0 Å². The van der Waals surface area contributed by atoms with E-state index in [1.807, 2.05) is 38.9 Å². The maximum atomic E-state index is 9.78. The molecule has 0 fully saturated rings. The van der Waals surface area contributed by atoms with Crippen molar-refractivity contribution in [2.24, 2.45) is 0 Å². The van der Waals surface area contributed by atoms with E-state index in [0.29, 0.717) is 5.92 Å². The van der Waals surface area contributed by atoms with Crippen molar-refractivity contribution in [3.05, 3.63) is 40.6 Å². The van der Waals surface area contributed by atoms with Crippen molar-refractivity contribution in [1.29, 1.82) is 0 Å². The van der Waals surface area contributed by atoms with E-state index in [4.69, 9.17) is 0 Å². The van der Waals surface area contributed by atoms with Gasteiger partial charge >= 0.3 is 0 Å². The molecule has 1 aromatic rings. The van der Waals surface area contributed by atoms with Crippen LogP contribution in [-0.4, -0.2) is 34.2 Å². The quantitative estimate of drug-likeness (QED) is 0.700. The summed E-state index contributed by atoms with van der Waals surface area (Å²) in [4.78, 5) is 7.66. The molecule has 1 heterocycles. The Bertz CT molecular complexity index is 494. The summed E-state index contributed by atoms with van der Waals surface area (Å²) in [6.07, 6.45) is 1.41. The van der Waals surface area contributed by atoms with Crippen molar-refractivity contribution in [2.75, 3.05) is 7.05 Å². The SMILES string of the molecule is C=C(C)C(NC(=C)N(C)Cc1cnc(C(C)C)s1)C(C)O.CC. The van der Waals surface area contributed by atoms with Gasteiger partial charge in [0.15, 0.2) is 0 Å². The summed E-state index contributed by atoms with van der Waals surface area (Å²) in [6.45, 7) is 20.6. The molecule has 0 bridgehead atoms. The van der Waals surface area contributed by atoms with Crippen LogP contribution in [-0.2, 0) is 6.54 Å². The molecular formula is C18H33N3OS. The Morgan fingerprint density at radius 2 is 1.91 bits per heavy atom. The molecular weight excluding hydrogens is 306 g/mol. The van der Waals surface area contributed by atoms with Gasteiger partial charge in [0, 0.05) is 24.0 Å². The van der Waals surface area contributed by atoms with Gasteiger partial charge in [-0.05, 0) is 13.8 Å². The minimum absolute atomic E-state index is 0.187. The van der Waals surface area contributed by atoms with Gasteiger partial charge in [0.1, 0.15) is 0 Å². The van der Waals surface area contributed by atoms with Crippen LogP contribution >= 0.6 is 11.3 Å². The summed E-state index contributed by atoms with van der Waals surface area (Å²) >= 11 is 1.73. The van der Waals surface area contributed by atoms with Gasteiger partial charge in [-0.3, -0.25) is 0 Å². The van der Waals surface area contributed by atoms with Crippen LogP contribution in [0.3, 0.4) is 0 Å². The van der Waals surface area contributed by atoms with E-state index >= 15 is 0 Å². The molecule has 1 rings (SSSR count). The molecule has 0 spiro atoms. The topological polar surface area (TPSA) is 48.4 Å². The lowest BCUT2D eigenvalue weighted by Crippen LogP contribution is -2.42. The molecule has 0 aromatic carbocycles. The lowest BCUT2D eigenvalue weighted by molar-refractivity contribution is 0.158. The Morgan fingerprint density at radius 1 is 1.35 bits per heavy atom. The molecule has 0 radical (unpaired) electrons. The number of hydrogen-bond acceptors (Lipinski definition) is 5.